The summed E-state index contributed by atoms with van der Waals surface area (Å²) >= 11 is 13.2. The van der Waals surface area contributed by atoms with Gasteiger partial charge in [0, 0.05) is 18.0 Å². The summed E-state index contributed by atoms with van der Waals surface area (Å²) in [6, 6.07) is 3.80. The van der Waals surface area contributed by atoms with Crippen molar-refractivity contribution in [3.05, 3.63) is 75.3 Å². The normalized spacial score (nSPS) is 20.4. The predicted octanol–water partition coefficient (Wildman–Crippen LogP) is 4.24. The SMILES string of the molecule is CCOC(=O)C1(c2ccc(OC(F)F)c(OCC3CC3)c2)C=CC(NS(C)(=O)=O)=C(NS(C)(=O)=O)C1c1c(Cl)cncc1Cl. The average molecular weight is 697 g/mol. The zero-order valence-corrected chi connectivity index (χ0v) is 26.8. The fourth-order valence-electron chi connectivity index (χ4n) is 4.84. The molecule has 1 aromatic carbocycles. The summed E-state index contributed by atoms with van der Waals surface area (Å²) < 4.78 is 97.4. The van der Waals surface area contributed by atoms with Crippen molar-refractivity contribution in [3.8, 4) is 11.5 Å². The van der Waals surface area contributed by atoms with Crippen LogP contribution in [0.1, 0.15) is 36.8 Å². The maximum Gasteiger partial charge on any atom is 0.387 e. The minimum Gasteiger partial charge on any atom is -0.489 e. The van der Waals surface area contributed by atoms with E-state index in [1.165, 1.54) is 42.7 Å². The molecule has 2 aliphatic carbocycles. The Morgan fingerprint density at radius 1 is 1.07 bits per heavy atom. The van der Waals surface area contributed by atoms with Gasteiger partial charge in [-0.3, -0.25) is 19.2 Å². The third-order valence-electron chi connectivity index (χ3n) is 6.74. The van der Waals surface area contributed by atoms with E-state index in [1.807, 2.05) is 0 Å². The highest BCUT2D eigenvalue weighted by molar-refractivity contribution is 7.89. The molecule has 240 valence electrons. The molecule has 2 N–H and O–H groups in total. The molecule has 0 radical (unpaired) electrons. The molecule has 1 fully saturated rings. The Bertz CT molecular complexity index is 1700. The molecule has 2 unspecified atom stereocenters. The maximum absolute atomic E-state index is 14.2. The van der Waals surface area contributed by atoms with Gasteiger partial charge < -0.3 is 14.2 Å². The van der Waals surface area contributed by atoms with E-state index in [0.29, 0.717) is 0 Å². The van der Waals surface area contributed by atoms with E-state index in [0.717, 1.165) is 25.4 Å². The largest absolute Gasteiger partial charge is 0.489 e. The molecule has 1 saturated carbocycles. The van der Waals surface area contributed by atoms with E-state index in [2.05, 4.69) is 19.2 Å². The lowest BCUT2D eigenvalue weighted by molar-refractivity contribution is -0.148. The van der Waals surface area contributed by atoms with Crippen molar-refractivity contribution in [1.82, 2.24) is 14.4 Å². The minimum absolute atomic E-state index is 0.00644. The zero-order chi connectivity index (χ0) is 32.4. The standard InChI is InChI=1S/C27H29Cl2F2N3O8S2/c1-4-40-25(35)27(16-7-8-20(42-26(30)31)21(11-16)41-14-15-5-6-15)10-9-19(33-43(2,36)37)24(34-44(3,38)39)23(27)22-17(28)12-32-13-18(22)29/h7-13,15,23,26,33-34H,4-6,14H2,1-3H3. The van der Waals surface area contributed by atoms with Crippen LogP contribution in [0.5, 0.6) is 11.5 Å². The van der Waals surface area contributed by atoms with Crippen molar-refractivity contribution in [2.24, 2.45) is 5.92 Å². The highest BCUT2D eigenvalue weighted by atomic mass is 35.5. The second-order valence-electron chi connectivity index (χ2n) is 10.2. The van der Waals surface area contributed by atoms with Gasteiger partial charge in [0.2, 0.25) is 20.0 Å². The van der Waals surface area contributed by atoms with Gasteiger partial charge >= 0.3 is 12.6 Å². The molecule has 2 aromatic rings. The minimum atomic E-state index is -4.15. The molecule has 11 nitrogen and oxygen atoms in total. The van der Waals surface area contributed by atoms with Gasteiger partial charge in [0.25, 0.3) is 0 Å². The maximum atomic E-state index is 14.2. The van der Waals surface area contributed by atoms with E-state index in [1.54, 1.807) is 6.92 Å². The Balaban J connectivity index is 2.09. The van der Waals surface area contributed by atoms with Gasteiger partial charge in [-0.2, -0.15) is 8.78 Å². The summed E-state index contributed by atoms with van der Waals surface area (Å²) in [7, 11) is -8.15. The van der Waals surface area contributed by atoms with Crippen LogP contribution >= 0.6 is 23.2 Å². The molecular formula is C27H29Cl2F2N3O8S2. The van der Waals surface area contributed by atoms with Gasteiger partial charge in [-0.05, 0) is 49.5 Å². The second-order valence-corrected chi connectivity index (χ2v) is 14.6. The number of sulfonamides is 2. The number of carbonyl (C=O) groups is 1. The molecule has 0 amide bonds. The summed E-state index contributed by atoms with van der Waals surface area (Å²) in [5, 5.41) is -0.193. The lowest BCUT2D eigenvalue weighted by Crippen LogP contribution is -2.48. The number of esters is 1. The number of rotatable bonds is 13. The van der Waals surface area contributed by atoms with Gasteiger partial charge in [-0.1, -0.05) is 35.3 Å². The molecule has 2 aliphatic rings. The number of hydrogen-bond donors (Lipinski definition) is 2. The summed E-state index contributed by atoms with van der Waals surface area (Å²) in [5.74, 6) is -2.63. The number of ether oxygens (including phenoxy) is 3. The van der Waals surface area contributed by atoms with Crippen LogP contribution in [0.15, 0.2) is 54.1 Å². The predicted molar refractivity (Wildman–Crippen MR) is 159 cm³/mol. The fraction of sp³-hybridized carbons (Fsp3) is 0.407. The highest BCUT2D eigenvalue weighted by Crippen LogP contribution is 2.53. The first-order valence-corrected chi connectivity index (χ1v) is 17.7. The number of aromatic nitrogens is 1. The lowest BCUT2D eigenvalue weighted by Gasteiger charge is -2.42. The number of nitrogens with one attached hydrogen (secondary N) is 2. The number of halogens is 4. The Hall–Kier alpha value is -3.14. The molecule has 0 bridgehead atoms. The van der Waals surface area contributed by atoms with Crippen molar-refractivity contribution in [2.45, 2.75) is 37.7 Å². The van der Waals surface area contributed by atoms with Gasteiger partial charge in [0.1, 0.15) is 5.41 Å². The Kier molecular flexibility index (Phi) is 10.0. The number of nitrogens with zero attached hydrogens (tertiary/aromatic N) is 1. The smallest absolute Gasteiger partial charge is 0.387 e. The number of benzene rings is 1. The van der Waals surface area contributed by atoms with E-state index >= 15 is 0 Å². The van der Waals surface area contributed by atoms with E-state index in [4.69, 9.17) is 32.7 Å². The molecule has 0 aliphatic heterocycles. The van der Waals surface area contributed by atoms with Crippen LogP contribution in [-0.4, -0.2) is 60.1 Å². The number of pyridine rings is 1. The van der Waals surface area contributed by atoms with Crippen LogP contribution < -0.4 is 18.9 Å². The quantitative estimate of drug-likeness (QED) is 0.293. The van der Waals surface area contributed by atoms with Crippen LogP contribution in [0.3, 0.4) is 0 Å². The van der Waals surface area contributed by atoms with Gasteiger partial charge in [0.15, 0.2) is 11.5 Å². The van der Waals surface area contributed by atoms with Crippen molar-refractivity contribution in [2.75, 3.05) is 25.7 Å². The molecule has 0 spiro atoms. The van der Waals surface area contributed by atoms with Crippen molar-refractivity contribution < 1.29 is 44.6 Å². The molecular weight excluding hydrogens is 667 g/mol. The fourth-order valence-corrected chi connectivity index (χ4v) is 6.62. The van der Waals surface area contributed by atoms with Crippen LogP contribution in [0.2, 0.25) is 10.0 Å². The van der Waals surface area contributed by atoms with Gasteiger partial charge in [0.05, 0.1) is 53.1 Å². The first-order chi connectivity index (χ1) is 20.6. The van der Waals surface area contributed by atoms with Gasteiger partial charge in [-0.25, -0.2) is 16.8 Å². The summed E-state index contributed by atoms with van der Waals surface area (Å²) in [6.45, 7) is -1.56. The van der Waals surface area contributed by atoms with Crippen molar-refractivity contribution in [3.63, 3.8) is 0 Å². The lowest BCUT2D eigenvalue weighted by atomic mass is 9.63. The van der Waals surface area contributed by atoms with Crippen molar-refractivity contribution >= 4 is 49.2 Å². The molecule has 1 aromatic heterocycles. The highest BCUT2D eigenvalue weighted by Gasteiger charge is 2.53. The Morgan fingerprint density at radius 3 is 2.25 bits per heavy atom. The third kappa shape index (κ3) is 7.73. The number of alkyl halides is 2. The first kappa shape index (κ1) is 33.7. The molecule has 44 heavy (non-hydrogen) atoms. The van der Waals surface area contributed by atoms with Crippen LogP contribution in [-0.2, 0) is 35.0 Å². The van der Waals surface area contributed by atoms with Crippen molar-refractivity contribution in [1.29, 1.82) is 0 Å². The number of carbonyl (C=O) groups excluding carboxylic acids is 1. The number of hydrogen-bond acceptors (Lipinski definition) is 9. The molecule has 4 rings (SSSR count). The van der Waals surface area contributed by atoms with Crippen LogP contribution in [0, 0.1) is 5.92 Å². The zero-order valence-electron chi connectivity index (χ0n) is 23.6. The Morgan fingerprint density at radius 2 is 1.70 bits per heavy atom. The van der Waals surface area contributed by atoms with Crippen LogP contribution in [0.25, 0.3) is 0 Å². The molecule has 1 heterocycles. The van der Waals surface area contributed by atoms with E-state index in [-0.39, 0.29) is 63.2 Å². The Labute approximate surface area is 263 Å². The average Bonchev–Trinajstić information content (AvgIpc) is 3.73. The summed E-state index contributed by atoms with van der Waals surface area (Å²) in [5.41, 5.74) is -2.51. The number of allylic oxidation sites excluding steroid dienone is 2. The van der Waals surface area contributed by atoms with Gasteiger partial charge in [-0.15, -0.1) is 0 Å². The topological polar surface area (TPSA) is 150 Å². The first-order valence-electron chi connectivity index (χ1n) is 13.1. The van der Waals surface area contributed by atoms with E-state index in [9.17, 15) is 30.4 Å². The summed E-state index contributed by atoms with van der Waals surface area (Å²) in [6.07, 6.45) is 8.38. The molecule has 17 heteroatoms. The third-order valence-corrected chi connectivity index (χ3v) is 8.52. The van der Waals surface area contributed by atoms with E-state index < -0.39 is 44.0 Å². The van der Waals surface area contributed by atoms with Crippen LogP contribution in [0.4, 0.5) is 8.78 Å². The monoisotopic (exact) mass is 695 g/mol. The second kappa shape index (κ2) is 13.1. The molecule has 2 atom stereocenters. The summed E-state index contributed by atoms with van der Waals surface area (Å²) in [4.78, 5) is 18.1. The molecule has 0 saturated heterocycles.